The van der Waals surface area contributed by atoms with E-state index >= 15 is 0 Å². The summed E-state index contributed by atoms with van der Waals surface area (Å²) in [4.78, 5) is 4.63. The van der Waals surface area contributed by atoms with E-state index in [1.807, 2.05) is 18.2 Å². The molecule has 3 rings (SSSR count). The lowest BCUT2D eigenvalue weighted by Gasteiger charge is -2.17. The molecule has 2 nitrogen and oxygen atoms in total. The van der Waals surface area contributed by atoms with Crippen molar-refractivity contribution in [3.8, 4) is 5.75 Å². The molecular weight excluding hydrogens is 222 g/mol. The van der Waals surface area contributed by atoms with Gasteiger partial charge in [0, 0.05) is 18.7 Å². The Morgan fingerprint density at radius 3 is 2.72 bits per heavy atom. The van der Waals surface area contributed by atoms with Crippen LogP contribution in [0.1, 0.15) is 16.7 Å². The van der Waals surface area contributed by atoms with Crippen molar-refractivity contribution in [1.82, 2.24) is 0 Å². The Balaban J connectivity index is 1.93. The van der Waals surface area contributed by atoms with Gasteiger partial charge in [-0.2, -0.15) is 0 Å². The van der Waals surface area contributed by atoms with Gasteiger partial charge in [-0.3, -0.25) is 4.99 Å². The van der Waals surface area contributed by atoms with Gasteiger partial charge < -0.3 is 5.11 Å². The van der Waals surface area contributed by atoms with E-state index < -0.39 is 0 Å². The molecule has 0 amide bonds. The zero-order valence-corrected chi connectivity index (χ0v) is 10.1. The molecule has 0 saturated carbocycles. The number of benzene rings is 2. The highest BCUT2D eigenvalue weighted by atomic mass is 16.3. The fraction of sp³-hybridized carbons (Fsp3) is 0.188. The van der Waals surface area contributed by atoms with Crippen LogP contribution in [0.4, 0.5) is 0 Å². The van der Waals surface area contributed by atoms with Crippen molar-refractivity contribution in [2.45, 2.75) is 12.8 Å². The van der Waals surface area contributed by atoms with Crippen LogP contribution in [0.15, 0.2) is 53.5 Å². The van der Waals surface area contributed by atoms with E-state index in [2.05, 4.69) is 29.3 Å². The van der Waals surface area contributed by atoms with E-state index in [0.29, 0.717) is 5.75 Å². The van der Waals surface area contributed by atoms with Crippen LogP contribution < -0.4 is 0 Å². The summed E-state index contributed by atoms with van der Waals surface area (Å²) in [6, 6.07) is 15.9. The lowest BCUT2D eigenvalue weighted by Crippen LogP contribution is -2.15. The summed E-state index contributed by atoms with van der Waals surface area (Å²) in [5.74, 6) is 0.342. The Labute approximate surface area is 107 Å². The Bertz CT molecular complexity index is 587. The first-order chi connectivity index (χ1) is 8.83. The Morgan fingerprint density at radius 2 is 1.89 bits per heavy atom. The monoisotopic (exact) mass is 237 g/mol. The normalized spacial score (nSPS) is 13.9. The minimum absolute atomic E-state index is 0.342. The molecule has 1 heterocycles. The molecule has 90 valence electrons. The average Bonchev–Trinajstić information content (AvgIpc) is 2.40. The van der Waals surface area contributed by atoms with Crippen molar-refractivity contribution < 1.29 is 5.11 Å². The predicted molar refractivity (Wildman–Crippen MR) is 73.4 cm³/mol. The topological polar surface area (TPSA) is 32.6 Å². The second-order valence-electron chi connectivity index (χ2n) is 4.58. The molecular formula is C16H15NO. The van der Waals surface area contributed by atoms with Crippen molar-refractivity contribution >= 4 is 5.71 Å². The number of nitrogens with zero attached hydrogens (tertiary/aromatic N) is 1. The Kier molecular flexibility index (Phi) is 2.85. The zero-order valence-electron chi connectivity index (χ0n) is 10.1. The predicted octanol–water partition coefficient (Wildman–Crippen LogP) is 2.98. The van der Waals surface area contributed by atoms with Crippen LogP contribution in [0, 0.1) is 0 Å². The number of hydrogen-bond acceptors (Lipinski definition) is 2. The van der Waals surface area contributed by atoms with Gasteiger partial charge in [0.2, 0.25) is 0 Å². The molecule has 0 unspecified atom stereocenters. The van der Waals surface area contributed by atoms with Crippen molar-refractivity contribution in [3.63, 3.8) is 0 Å². The maximum absolute atomic E-state index is 9.52. The Morgan fingerprint density at radius 1 is 1.06 bits per heavy atom. The quantitative estimate of drug-likeness (QED) is 0.855. The van der Waals surface area contributed by atoms with E-state index in [1.54, 1.807) is 6.07 Å². The standard InChI is InChI=1S/C16H15NO/c18-14-6-7-15-13(11-14)8-9-17-16(15)10-12-4-2-1-3-5-12/h1-7,11,18H,8-10H2. The number of rotatable bonds is 2. The number of phenolic OH excluding ortho intramolecular Hbond substituents is 1. The fourth-order valence-electron chi connectivity index (χ4n) is 2.41. The second kappa shape index (κ2) is 4.65. The largest absolute Gasteiger partial charge is 0.508 e. The summed E-state index contributed by atoms with van der Waals surface area (Å²) in [5, 5.41) is 9.52. The van der Waals surface area contributed by atoms with Crippen LogP contribution in [0.25, 0.3) is 0 Å². The highest BCUT2D eigenvalue weighted by molar-refractivity contribution is 6.03. The molecule has 0 spiro atoms. The first-order valence-electron chi connectivity index (χ1n) is 6.22. The third-order valence-electron chi connectivity index (χ3n) is 3.30. The molecule has 0 atom stereocenters. The van der Waals surface area contributed by atoms with E-state index in [-0.39, 0.29) is 0 Å². The average molecular weight is 237 g/mol. The summed E-state index contributed by atoms with van der Waals surface area (Å²) >= 11 is 0. The highest BCUT2D eigenvalue weighted by Crippen LogP contribution is 2.22. The van der Waals surface area contributed by atoms with Crippen LogP contribution in [0.3, 0.4) is 0 Å². The second-order valence-corrected chi connectivity index (χ2v) is 4.58. The van der Waals surface area contributed by atoms with Crippen molar-refractivity contribution in [2.75, 3.05) is 6.54 Å². The van der Waals surface area contributed by atoms with Gasteiger partial charge in [-0.1, -0.05) is 30.3 Å². The van der Waals surface area contributed by atoms with E-state index in [1.165, 1.54) is 16.7 Å². The van der Waals surface area contributed by atoms with Crippen LogP contribution in [0.2, 0.25) is 0 Å². The summed E-state index contributed by atoms with van der Waals surface area (Å²) in [6.45, 7) is 0.818. The molecule has 2 heteroatoms. The fourth-order valence-corrected chi connectivity index (χ4v) is 2.41. The smallest absolute Gasteiger partial charge is 0.115 e. The molecule has 2 aromatic rings. The van der Waals surface area contributed by atoms with Crippen LogP contribution in [-0.4, -0.2) is 17.4 Å². The summed E-state index contributed by atoms with van der Waals surface area (Å²) in [6.07, 6.45) is 1.78. The molecule has 0 aromatic heterocycles. The zero-order chi connectivity index (χ0) is 12.4. The molecule has 1 aliphatic heterocycles. The van der Waals surface area contributed by atoms with Gasteiger partial charge in [0.1, 0.15) is 5.75 Å². The summed E-state index contributed by atoms with van der Waals surface area (Å²) < 4.78 is 0. The Hall–Kier alpha value is -2.09. The van der Waals surface area contributed by atoms with Gasteiger partial charge >= 0.3 is 0 Å². The minimum atomic E-state index is 0.342. The maximum Gasteiger partial charge on any atom is 0.115 e. The minimum Gasteiger partial charge on any atom is -0.508 e. The van der Waals surface area contributed by atoms with Crippen LogP contribution in [-0.2, 0) is 12.8 Å². The third kappa shape index (κ3) is 2.14. The van der Waals surface area contributed by atoms with Crippen molar-refractivity contribution in [2.24, 2.45) is 4.99 Å². The number of hydrogen-bond donors (Lipinski definition) is 1. The summed E-state index contributed by atoms with van der Waals surface area (Å²) in [7, 11) is 0. The van der Waals surface area contributed by atoms with Crippen molar-refractivity contribution in [3.05, 3.63) is 65.2 Å². The highest BCUT2D eigenvalue weighted by Gasteiger charge is 2.14. The third-order valence-corrected chi connectivity index (χ3v) is 3.30. The number of aromatic hydroxyl groups is 1. The first kappa shape index (κ1) is 11.0. The SMILES string of the molecule is Oc1ccc2c(c1)CCN=C2Cc1ccccc1. The molecule has 0 saturated heterocycles. The van der Waals surface area contributed by atoms with Crippen LogP contribution >= 0.6 is 0 Å². The van der Waals surface area contributed by atoms with Crippen LogP contribution in [0.5, 0.6) is 5.75 Å². The molecule has 1 aliphatic rings. The van der Waals surface area contributed by atoms with E-state index in [0.717, 1.165) is 25.1 Å². The lowest BCUT2D eigenvalue weighted by molar-refractivity contribution is 0.474. The van der Waals surface area contributed by atoms with Gasteiger partial charge in [-0.15, -0.1) is 0 Å². The van der Waals surface area contributed by atoms with E-state index in [9.17, 15) is 5.11 Å². The lowest BCUT2D eigenvalue weighted by atomic mass is 9.93. The molecule has 0 aliphatic carbocycles. The molecule has 0 fully saturated rings. The molecule has 0 radical (unpaired) electrons. The molecule has 0 bridgehead atoms. The van der Waals surface area contributed by atoms with E-state index in [4.69, 9.17) is 0 Å². The van der Waals surface area contributed by atoms with Gasteiger partial charge in [0.05, 0.1) is 0 Å². The van der Waals surface area contributed by atoms with Gasteiger partial charge in [-0.05, 0) is 41.3 Å². The molecule has 1 N–H and O–H groups in total. The maximum atomic E-state index is 9.52. The van der Waals surface area contributed by atoms with Crippen molar-refractivity contribution in [1.29, 1.82) is 0 Å². The number of fused-ring (bicyclic) bond motifs is 1. The molecule has 2 aromatic carbocycles. The number of aliphatic imine (C=N–C) groups is 1. The van der Waals surface area contributed by atoms with Gasteiger partial charge in [0.15, 0.2) is 0 Å². The van der Waals surface area contributed by atoms with Gasteiger partial charge in [-0.25, -0.2) is 0 Å². The summed E-state index contributed by atoms with van der Waals surface area (Å²) in [5.41, 5.74) is 4.79. The first-order valence-corrected chi connectivity index (χ1v) is 6.22. The number of phenols is 1. The van der Waals surface area contributed by atoms with Gasteiger partial charge in [0.25, 0.3) is 0 Å². The molecule has 18 heavy (non-hydrogen) atoms.